The molecule has 0 atom stereocenters. The fourth-order valence-corrected chi connectivity index (χ4v) is 5.00. The number of nitrogens with zero attached hydrogens (tertiary/aromatic N) is 1. The lowest BCUT2D eigenvalue weighted by Crippen LogP contribution is -2.01. The molecule has 0 spiro atoms. The lowest BCUT2D eigenvalue weighted by Gasteiger charge is -2.12. The maximum Gasteiger partial charge on any atom is 0.126 e. The highest BCUT2D eigenvalue weighted by molar-refractivity contribution is 7.19. The second-order valence-electron chi connectivity index (χ2n) is 6.32. The van der Waals surface area contributed by atoms with Crippen molar-refractivity contribution in [3.05, 3.63) is 46.3 Å². The van der Waals surface area contributed by atoms with E-state index in [1.54, 1.807) is 0 Å². The quantitative estimate of drug-likeness (QED) is 0.644. The highest BCUT2D eigenvalue weighted by Gasteiger charge is 2.21. The lowest BCUT2D eigenvalue weighted by molar-refractivity contribution is 0.713. The van der Waals surface area contributed by atoms with Gasteiger partial charge in [-0.3, -0.25) is 0 Å². The van der Waals surface area contributed by atoms with Crippen LogP contribution in [0.1, 0.15) is 42.2 Å². The summed E-state index contributed by atoms with van der Waals surface area (Å²) in [5, 5.41) is 1.25. The molecule has 4 rings (SSSR count). The monoisotopic (exact) mass is 322 g/mol. The van der Waals surface area contributed by atoms with Gasteiger partial charge in [0.2, 0.25) is 0 Å². The Labute approximate surface area is 141 Å². The number of fused-ring (bicyclic) bond motifs is 3. The number of nitrogen functional groups attached to an aromatic ring is 1. The van der Waals surface area contributed by atoms with Gasteiger partial charge in [0.1, 0.15) is 4.83 Å². The number of aromatic nitrogens is 1. The predicted octanol–water partition coefficient (Wildman–Crippen LogP) is 5.38. The van der Waals surface area contributed by atoms with Crippen molar-refractivity contribution >= 4 is 27.2 Å². The van der Waals surface area contributed by atoms with Crippen LogP contribution in [0.25, 0.3) is 21.5 Å². The summed E-state index contributed by atoms with van der Waals surface area (Å²) in [6, 6.07) is 10.4. The highest BCUT2D eigenvalue weighted by atomic mass is 32.1. The molecule has 3 heteroatoms. The van der Waals surface area contributed by atoms with Gasteiger partial charge in [-0.1, -0.05) is 43.7 Å². The molecule has 0 unspecified atom stereocenters. The molecular formula is C20H22N2S. The Balaban J connectivity index is 2.00. The van der Waals surface area contributed by atoms with Gasteiger partial charge in [-0.15, -0.1) is 11.3 Å². The Hall–Kier alpha value is -1.87. The van der Waals surface area contributed by atoms with E-state index in [1.165, 1.54) is 52.6 Å². The first-order chi connectivity index (χ1) is 11.3. The third-order valence-electron chi connectivity index (χ3n) is 4.90. The fraction of sp³-hybridized carbons (Fsp3) is 0.350. The van der Waals surface area contributed by atoms with E-state index in [1.807, 2.05) is 17.4 Å². The maximum atomic E-state index is 6.65. The number of benzene rings is 1. The summed E-state index contributed by atoms with van der Waals surface area (Å²) in [4.78, 5) is 7.70. The van der Waals surface area contributed by atoms with Crippen LogP contribution >= 0.6 is 11.3 Å². The molecule has 0 saturated carbocycles. The second kappa shape index (κ2) is 5.97. The molecule has 2 heterocycles. The molecule has 0 saturated heterocycles. The van der Waals surface area contributed by atoms with Crippen LogP contribution in [0, 0.1) is 0 Å². The van der Waals surface area contributed by atoms with Crippen molar-refractivity contribution in [1.29, 1.82) is 0 Å². The van der Waals surface area contributed by atoms with Crippen molar-refractivity contribution < 1.29 is 0 Å². The Morgan fingerprint density at radius 3 is 2.65 bits per heavy atom. The average Bonchev–Trinajstić information content (AvgIpc) is 2.77. The molecule has 2 N–H and O–H groups in total. The van der Waals surface area contributed by atoms with E-state index >= 15 is 0 Å². The van der Waals surface area contributed by atoms with Crippen LogP contribution in [0.4, 0.5) is 5.69 Å². The normalized spacial score (nSPS) is 14.7. The van der Waals surface area contributed by atoms with Crippen molar-refractivity contribution in [2.24, 2.45) is 0 Å². The summed E-state index contributed by atoms with van der Waals surface area (Å²) in [7, 11) is 0. The highest BCUT2D eigenvalue weighted by Crippen LogP contribution is 2.41. The van der Waals surface area contributed by atoms with Gasteiger partial charge < -0.3 is 5.73 Å². The first kappa shape index (κ1) is 14.7. The van der Waals surface area contributed by atoms with Crippen LogP contribution in [-0.2, 0) is 19.3 Å². The molecule has 1 aliphatic carbocycles. The number of anilines is 1. The fourth-order valence-electron chi connectivity index (χ4n) is 3.72. The Bertz CT molecular complexity index is 849. The van der Waals surface area contributed by atoms with E-state index in [0.29, 0.717) is 0 Å². The van der Waals surface area contributed by atoms with Crippen LogP contribution in [0.3, 0.4) is 0 Å². The number of hydrogen-bond donors (Lipinski definition) is 1. The van der Waals surface area contributed by atoms with Gasteiger partial charge in [0.15, 0.2) is 0 Å². The minimum atomic E-state index is 0.920. The zero-order chi connectivity index (χ0) is 15.8. The minimum absolute atomic E-state index is 0.920. The molecule has 1 aromatic carbocycles. The zero-order valence-electron chi connectivity index (χ0n) is 13.6. The van der Waals surface area contributed by atoms with Crippen molar-refractivity contribution in [2.45, 2.75) is 45.4 Å². The smallest absolute Gasteiger partial charge is 0.126 e. The first-order valence-corrected chi connectivity index (χ1v) is 9.39. The molecule has 0 radical (unpaired) electrons. The summed E-state index contributed by atoms with van der Waals surface area (Å²) < 4.78 is 0. The molecule has 1 aliphatic rings. The van der Waals surface area contributed by atoms with Gasteiger partial charge in [-0.25, -0.2) is 4.98 Å². The van der Waals surface area contributed by atoms with Gasteiger partial charge in [0.25, 0.3) is 0 Å². The molecular weight excluding hydrogens is 300 g/mol. The molecule has 0 aliphatic heterocycles. The number of thiophene rings is 1. The summed E-state index contributed by atoms with van der Waals surface area (Å²) >= 11 is 1.86. The third-order valence-corrected chi connectivity index (χ3v) is 6.08. The van der Waals surface area contributed by atoms with Crippen LogP contribution < -0.4 is 5.73 Å². The number of rotatable bonds is 2. The Morgan fingerprint density at radius 2 is 1.87 bits per heavy atom. The van der Waals surface area contributed by atoms with Gasteiger partial charge in [0, 0.05) is 27.1 Å². The van der Waals surface area contributed by atoms with E-state index in [4.69, 9.17) is 10.7 Å². The molecule has 2 aromatic heterocycles. The Morgan fingerprint density at radius 1 is 1.09 bits per heavy atom. The lowest BCUT2D eigenvalue weighted by atomic mass is 9.98. The van der Waals surface area contributed by atoms with Crippen molar-refractivity contribution in [2.75, 3.05) is 5.73 Å². The molecule has 0 bridgehead atoms. The van der Waals surface area contributed by atoms with Crippen molar-refractivity contribution in [1.82, 2.24) is 4.98 Å². The van der Waals surface area contributed by atoms with Gasteiger partial charge in [-0.2, -0.15) is 0 Å². The van der Waals surface area contributed by atoms with Crippen LogP contribution in [0.5, 0.6) is 0 Å². The Kier molecular flexibility index (Phi) is 3.82. The number of hydrogen-bond acceptors (Lipinski definition) is 3. The number of pyridine rings is 1. The van der Waals surface area contributed by atoms with Gasteiger partial charge in [0.05, 0.1) is 5.69 Å². The average molecular weight is 322 g/mol. The van der Waals surface area contributed by atoms with Crippen molar-refractivity contribution in [3.63, 3.8) is 0 Å². The van der Waals surface area contributed by atoms with E-state index in [9.17, 15) is 0 Å². The molecule has 0 amide bonds. The second-order valence-corrected chi connectivity index (χ2v) is 7.40. The van der Waals surface area contributed by atoms with E-state index in [-0.39, 0.29) is 0 Å². The largest absolute Gasteiger partial charge is 0.398 e. The van der Waals surface area contributed by atoms with E-state index < -0.39 is 0 Å². The molecule has 23 heavy (non-hydrogen) atoms. The van der Waals surface area contributed by atoms with Crippen LogP contribution in [0.15, 0.2) is 30.3 Å². The topological polar surface area (TPSA) is 38.9 Å². The minimum Gasteiger partial charge on any atom is -0.398 e. The molecule has 3 aromatic rings. The number of nitrogens with two attached hydrogens (primary N) is 1. The SMILES string of the molecule is CCc1c(-c2ccccc2)nc2sc3c(c2c1N)CCCCC3. The predicted molar refractivity (Wildman–Crippen MR) is 100 cm³/mol. The first-order valence-electron chi connectivity index (χ1n) is 8.57. The summed E-state index contributed by atoms with van der Waals surface area (Å²) in [6.45, 7) is 2.18. The molecule has 2 nitrogen and oxygen atoms in total. The van der Waals surface area contributed by atoms with Gasteiger partial charge in [-0.05, 0) is 37.7 Å². The number of aryl methyl sites for hydroxylation is 2. The summed E-state index contributed by atoms with van der Waals surface area (Å²) in [5.41, 5.74) is 12.5. The van der Waals surface area contributed by atoms with E-state index in [2.05, 4.69) is 31.2 Å². The summed E-state index contributed by atoms with van der Waals surface area (Å²) in [5.74, 6) is 0. The standard InChI is InChI=1S/C20H22N2S/c1-2-14-18(21)17-15-11-7-4-8-12-16(15)23-20(17)22-19(14)13-9-5-3-6-10-13/h3,5-6,9-10H,2,4,7-8,11-12H2,1H3,(H2,21,22). The molecule has 118 valence electrons. The summed E-state index contributed by atoms with van der Waals surface area (Å²) in [6.07, 6.45) is 7.18. The molecule has 0 fully saturated rings. The van der Waals surface area contributed by atoms with E-state index in [0.717, 1.165) is 29.1 Å². The zero-order valence-corrected chi connectivity index (χ0v) is 14.4. The van der Waals surface area contributed by atoms with Crippen LogP contribution in [0.2, 0.25) is 0 Å². The maximum absolute atomic E-state index is 6.65. The van der Waals surface area contributed by atoms with Crippen molar-refractivity contribution in [3.8, 4) is 11.3 Å². The van der Waals surface area contributed by atoms with Crippen LogP contribution in [-0.4, -0.2) is 4.98 Å². The third kappa shape index (κ3) is 2.43. The van der Waals surface area contributed by atoms with Gasteiger partial charge >= 0.3 is 0 Å².